The van der Waals surface area contributed by atoms with Crippen molar-refractivity contribution in [3.8, 4) is 0 Å². The Labute approximate surface area is 188 Å². The van der Waals surface area contributed by atoms with Crippen LogP contribution in [0, 0.1) is 0 Å². The molecule has 1 heterocycles. The molecule has 32 heavy (non-hydrogen) atoms. The van der Waals surface area contributed by atoms with E-state index >= 15 is 0 Å². The smallest absolute Gasteiger partial charge is 0.407 e. The highest BCUT2D eigenvalue weighted by molar-refractivity contribution is 5.91. The van der Waals surface area contributed by atoms with Gasteiger partial charge in [0.05, 0.1) is 12.0 Å². The van der Waals surface area contributed by atoms with Crippen molar-refractivity contribution in [1.29, 1.82) is 0 Å². The molecule has 172 valence electrons. The highest BCUT2D eigenvalue weighted by atomic mass is 16.6. The van der Waals surface area contributed by atoms with Crippen LogP contribution in [0.15, 0.2) is 36.4 Å². The zero-order chi connectivity index (χ0) is 22.6. The zero-order valence-corrected chi connectivity index (χ0v) is 18.5. The summed E-state index contributed by atoms with van der Waals surface area (Å²) in [4.78, 5) is 24.5. The van der Waals surface area contributed by atoms with Gasteiger partial charge < -0.3 is 20.5 Å². The van der Waals surface area contributed by atoms with Crippen LogP contribution < -0.4 is 10.6 Å². The number of aromatic nitrogens is 2. The molecular formula is C24H32N4O4. The third kappa shape index (κ3) is 6.09. The molecule has 0 bridgehead atoms. The lowest BCUT2D eigenvalue weighted by atomic mass is 9.84. The molecule has 2 saturated carbocycles. The molecule has 2 amide bonds. The predicted molar refractivity (Wildman–Crippen MR) is 120 cm³/mol. The Morgan fingerprint density at radius 3 is 2.69 bits per heavy atom. The van der Waals surface area contributed by atoms with E-state index in [-0.39, 0.29) is 30.1 Å². The Bertz CT molecular complexity index is 917. The summed E-state index contributed by atoms with van der Waals surface area (Å²) in [5, 5.41) is 23.1. The number of carbonyl (C=O) groups excluding carboxylic acids is 2. The van der Waals surface area contributed by atoms with Gasteiger partial charge in [0.15, 0.2) is 5.82 Å². The van der Waals surface area contributed by atoms with E-state index in [1.165, 1.54) is 0 Å². The third-order valence-electron chi connectivity index (χ3n) is 6.56. The zero-order valence-electron chi connectivity index (χ0n) is 18.5. The molecule has 1 aromatic heterocycles. The lowest BCUT2D eigenvalue weighted by molar-refractivity contribution is -0.115. The van der Waals surface area contributed by atoms with Crippen LogP contribution in [0.2, 0.25) is 0 Å². The predicted octanol–water partition coefficient (Wildman–Crippen LogP) is 3.65. The number of rotatable bonds is 6. The number of nitrogens with zero attached hydrogens (tertiary/aromatic N) is 1. The summed E-state index contributed by atoms with van der Waals surface area (Å²) in [7, 11) is 0. The van der Waals surface area contributed by atoms with Gasteiger partial charge in [-0.3, -0.25) is 9.89 Å². The number of aromatic amines is 1. The van der Waals surface area contributed by atoms with Crippen LogP contribution in [0.3, 0.4) is 0 Å². The largest absolute Gasteiger partial charge is 0.446 e. The first-order chi connectivity index (χ1) is 15.4. The van der Waals surface area contributed by atoms with Crippen molar-refractivity contribution in [3.05, 3.63) is 47.7 Å². The van der Waals surface area contributed by atoms with Crippen molar-refractivity contribution in [1.82, 2.24) is 15.5 Å². The van der Waals surface area contributed by atoms with Crippen molar-refractivity contribution in [2.75, 3.05) is 5.32 Å². The monoisotopic (exact) mass is 440 g/mol. The first-order valence-electron chi connectivity index (χ1n) is 11.4. The van der Waals surface area contributed by atoms with Crippen LogP contribution in [-0.4, -0.2) is 45.1 Å². The maximum Gasteiger partial charge on any atom is 0.407 e. The van der Waals surface area contributed by atoms with Crippen molar-refractivity contribution in [3.63, 3.8) is 0 Å². The fourth-order valence-electron chi connectivity index (χ4n) is 4.64. The second-order valence-electron chi connectivity index (χ2n) is 9.37. The number of ether oxygens (including phenoxy) is 1. The van der Waals surface area contributed by atoms with Gasteiger partial charge in [-0.05, 0) is 57.4 Å². The molecule has 8 heteroatoms. The molecule has 0 saturated heterocycles. The van der Waals surface area contributed by atoms with Crippen molar-refractivity contribution < 1.29 is 19.4 Å². The summed E-state index contributed by atoms with van der Waals surface area (Å²) in [6, 6.07) is 11.5. The van der Waals surface area contributed by atoms with Gasteiger partial charge in [-0.15, -0.1) is 0 Å². The molecule has 2 atom stereocenters. The molecule has 0 radical (unpaired) electrons. The number of benzene rings is 1. The van der Waals surface area contributed by atoms with Crippen LogP contribution >= 0.6 is 0 Å². The number of amides is 2. The molecule has 0 unspecified atom stereocenters. The Balaban J connectivity index is 1.21. The number of hydrogen-bond acceptors (Lipinski definition) is 5. The van der Waals surface area contributed by atoms with Gasteiger partial charge in [0.25, 0.3) is 0 Å². The van der Waals surface area contributed by atoms with Gasteiger partial charge in [0, 0.05) is 23.7 Å². The SMILES string of the molecule is CC1(O)CCC(NC(=O)O[C@H]2CC[C@@H](c3cc(NC(=O)Cc4ccccc4)n[nH]3)C2)CC1. The van der Waals surface area contributed by atoms with E-state index in [2.05, 4.69) is 20.8 Å². The molecule has 2 aliphatic carbocycles. The molecule has 4 N–H and O–H groups in total. The number of alkyl carbamates (subject to hydrolysis) is 1. The van der Waals surface area contributed by atoms with E-state index in [9.17, 15) is 14.7 Å². The topological polar surface area (TPSA) is 116 Å². The number of carbonyl (C=O) groups is 2. The van der Waals surface area contributed by atoms with Crippen molar-refractivity contribution in [2.45, 2.75) is 82.0 Å². The molecule has 0 aliphatic heterocycles. The van der Waals surface area contributed by atoms with Crippen LogP contribution in [0.1, 0.15) is 69.0 Å². The lowest BCUT2D eigenvalue weighted by Crippen LogP contribution is -2.43. The van der Waals surface area contributed by atoms with Crippen LogP contribution in [-0.2, 0) is 16.0 Å². The number of hydrogen-bond donors (Lipinski definition) is 4. The van der Waals surface area contributed by atoms with Gasteiger partial charge in [-0.25, -0.2) is 4.79 Å². The minimum absolute atomic E-state index is 0.0644. The summed E-state index contributed by atoms with van der Waals surface area (Å²) in [5.74, 6) is 0.615. The standard InChI is InChI=1S/C24H32N4O4/c1-24(31)11-9-18(10-12-24)25-23(30)32-19-8-7-17(14-19)20-15-21(28-27-20)26-22(29)13-16-5-3-2-4-6-16/h2-6,15,17-19,31H,7-14H2,1H3,(H,25,30)(H2,26,27,28,29)/t17-,18?,19+,24?/m1/s1. The Kier molecular flexibility index (Phi) is 6.79. The summed E-state index contributed by atoms with van der Waals surface area (Å²) in [6.07, 6.45) is 5.12. The fraction of sp³-hybridized carbons (Fsp3) is 0.542. The normalized spacial score (nSPS) is 27.6. The molecule has 4 rings (SSSR count). The van der Waals surface area contributed by atoms with Crippen LogP contribution in [0.25, 0.3) is 0 Å². The second kappa shape index (κ2) is 9.73. The minimum atomic E-state index is -0.620. The van der Waals surface area contributed by atoms with Crippen LogP contribution in [0.4, 0.5) is 10.6 Å². The first-order valence-corrected chi connectivity index (χ1v) is 11.4. The molecule has 2 aliphatic rings. The first kappa shape index (κ1) is 22.3. The van der Waals surface area contributed by atoms with Gasteiger partial charge in [0.2, 0.25) is 5.91 Å². The van der Waals surface area contributed by atoms with Gasteiger partial charge in [-0.2, -0.15) is 5.10 Å². The lowest BCUT2D eigenvalue weighted by Gasteiger charge is -2.33. The number of H-pyrrole nitrogens is 1. The summed E-state index contributed by atoms with van der Waals surface area (Å²) < 4.78 is 5.64. The maximum atomic E-state index is 12.3. The van der Waals surface area contributed by atoms with Gasteiger partial charge in [0.1, 0.15) is 6.10 Å². The highest BCUT2D eigenvalue weighted by Crippen LogP contribution is 2.36. The maximum absolute atomic E-state index is 12.3. The van der Waals surface area contributed by atoms with E-state index in [0.717, 1.165) is 43.4 Å². The van der Waals surface area contributed by atoms with E-state index < -0.39 is 5.60 Å². The Morgan fingerprint density at radius 2 is 1.94 bits per heavy atom. The van der Waals surface area contributed by atoms with E-state index in [1.54, 1.807) is 0 Å². The highest BCUT2D eigenvalue weighted by Gasteiger charge is 2.32. The summed E-state index contributed by atoms with van der Waals surface area (Å²) >= 11 is 0. The fourth-order valence-corrected chi connectivity index (χ4v) is 4.64. The van der Waals surface area contributed by atoms with E-state index in [4.69, 9.17) is 4.74 Å². The van der Waals surface area contributed by atoms with E-state index in [0.29, 0.717) is 25.1 Å². The molecule has 8 nitrogen and oxygen atoms in total. The molecule has 0 spiro atoms. The Hall–Kier alpha value is -2.87. The average Bonchev–Trinajstić information content (AvgIpc) is 3.40. The summed E-state index contributed by atoms with van der Waals surface area (Å²) in [5.41, 5.74) is 1.28. The van der Waals surface area contributed by atoms with Crippen LogP contribution in [0.5, 0.6) is 0 Å². The average molecular weight is 441 g/mol. The van der Waals surface area contributed by atoms with Crippen molar-refractivity contribution >= 4 is 17.8 Å². The molecule has 1 aromatic carbocycles. The Morgan fingerprint density at radius 1 is 1.19 bits per heavy atom. The summed E-state index contributed by atoms with van der Waals surface area (Å²) in [6.45, 7) is 1.84. The van der Waals surface area contributed by atoms with E-state index in [1.807, 2.05) is 43.3 Å². The molecule has 2 aromatic rings. The van der Waals surface area contributed by atoms with Gasteiger partial charge in [-0.1, -0.05) is 30.3 Å². The molecular weight excluding hydrogens is 408 g/mol. The number of nitrogens with one attached hydrogen (secondary N) is 3. The minimum Gasteiger partial charge on any atom is -0.446 e. The quantitative estimate of drug-likeness (QED) is 0.547. The van der Waals surface area contributed by atoms with Crippen molar-refractivity contribution in [2.24, 2.45) is 0 Å². The second-order valence-corrected chi connectivity index (χ2v) is 9.37. The van der Waals surface area contributed by atoms with Gasteiger partial charge >= 0.3 is 6.09 Å². The number of anilines is 1. The number of aliphatic hydroxyl groups is 1. The third-order valence-corrected chi connectivity index (χ3v) is 6.56. The molecule has 2 fully saturated rings.